The van der Waals surface area contributed by atoms with Crippen LogP contribution in [0.4, 0.5) is 4.79 Å². The standard InChI is InChI=1S/C17H23N3O5S/c1-13-3-4-14(2)15(11-13)26(23,24)19-7-5-18(6-8-19)12-16(21)20-9-10-25-17(20)22/h3-4,11H,5-10,12H2,1-2H3. The van der Waals surface area contributed by atoms with Crippen molar-refractivity contribution in [1.29, 1.82) is 0 Å². The smallest absolute Gasteiger partial charge is 0.416 e. The van der Waals surface area contributed by atoms with Gasteiger partial charge in [0.1, 0.15) is 6.61 Å². The molecule has 2 amide bonds. The fourth-order valence-corrected chi connectivity index (χ4v) is 4.88. The Bertz CT molecular complexity index is 816. The summed E-state index contributed by atoms with van der Waals surface area (Å²) < 4.78 is 32.1. The maximum absolute atomic E-state index is 12.9. The second-order valence-corrected chi connectivity index (χ2v) is 8.52. The molecule has 26 heavy (non-hydrogen) atoms. The van der Waals surface area contributed by atoms with Gasteiger partial charge in [0.05, 0.1) is 18.0 Å². The summed E-state index contributed by atoms with van der Waals surface area (Å²) in [6.07, 6.45) is -0.605. The largest absolute Gasteiger partial charge is 0.447 e. The molecule has 2 heterocycles. The summed E-state index contributed by atoms with van der Waals surface area (Å²) in [5, 5.41) is 0. The molecule has 0 N–H and O–H groups in total. The quantitative estimate of drug-likeness (QED) is 0.759. The molecule has 0 bridgehead atoms. The number of rotatable bonds is 4. The molecule has 142 valence electrons. The summed E-state index contributed by atoms with van der Waals surface area (Å²) in [6, 6.07) is 5.40. The molecule has 0 aromatic heterocycles. The molecular formula is C17H23N3O5S. The van der Waals surface area contributed by atoms with Crippen LogP contribution in [-0.4, -0.2) is 80.4 Å². The van der Waals surface area contributed by atoms with Gasteiger partial charge < -0.3 is 4.74 Å². The number of nitrogens with zero attached hydrogens (tertiary/aromatic N) is 3. The molecule has 2 saturated heterocycles. The van der Waals surface area contributed by atoms with Crippen molar-refractivity contribution in [3.05, 3.63) is 29.3 Å². The van der Waals surface area contributed by atoms with E-state index in [2.05, 4.69) is 0 Å². The van der Waals surface area contributed by atoms with E-state index in [-0.39, 0.29) is 25.6 Å². The zero-order valence-electron chi connectivity index (χ0n) is 15.0. The van der Waals surface area contributed by atoms with E-state index in [1.54, 1.807) is 13.0 Å². The number of imide groups is 1. The predicted molar refractivity (Wildman–Crippen MR) is 94.2 cm³/mol. The van der Waals surface area contributed by atoms with E-state index in [1.807, 2.05) is 24.0 Å². The fraction of sp³-hybridized carbons (Fsp3) is 0.529. The monoisotopic (exact) mass is 381 g/mol. The highest BCUT2D eigenvalue weighted by molar-refractivity contribution is 7.89. The summed E-state index contributed by atoms with van der Waals surface area (Å²) in [5.41, 5.74) is 1.62. The molecule has 8 nitrogen and oxygen atoms in total. The van der Waals surface area contributed by atoms with Crippen LogP contribution in [0.15, 0.2) is 23.1 Å². The lowest BCUT2D eigenvalue weighted by Crippen LogP contribution is -2.51. The second-order valence-electron chi connectivity index (χ2n) is 6.61. The molecule has 0 atom stereocenters. The summed E-state index contributed by atoms with van der Waals surface area (Å²) >= 11 is 0. The number of amides is 2. The van der Waals surface area contributed by atoms with E-state index >= 15 is 0 Å². The number of ether oxygens (including phenoxy) is 1. The topological polar surface area (TPSA) is 87.2 Å². The zero-order valence-corrected chi connectivity index (χ0v) is 15.8. The molecule has 0 saturated carbocycles. The number of carbonyl (C=O) groups excluding carboxylic acids is 2. The van der Waals surface area contributed by atoms with Gasteiger partial charge in [-0.1, -0.05) is 12.1 Å². The highest BCUT2D eigenvalue weighted by Crippen LogP contribution is 2.22. The second kappa shape index (κ2) is 7.34. The van der Waals surface area contributed by atoms with Crippen LogP contribution in [0.5, 0.6) is 0 Å². The molecule has 2 fully saturated rings. The number of carbonyl (C=O) groups is 2. The molecule has 3 rings (SSSR count). The highest BCUT2D eigenvalue weighted by Gasteiger charge is 2.33. The Kier molecular flexibility index (Phi) is 5.31. The van der Waals surface area contributed by atoms with Gasteiger partial charge in [-0.3, -0.25) is 9.69 Å². The van der Waals surface area contributed by atoms with Crippen molar-refractivity contribution in [2.45, 2.75) is 18.7 Å². The minimum atomic E-state index is -3.55. The van der Waals surface area contributed by atoms with Crippen LogP contribution in [0.3, 0.4) is 0 Å². The van der Waals surface area contributed by atoms with Gasteiger partial charge in [0.25, 0.3) is 0 Å². The Morgan fingerprint density at radius 3 is 2.42 bits per heavy atom. The lowest BCUT2D eigenvalue weighted by Gasteiger charge is -2.34. The molecular weight excluding hydrogens is 358 g/mol. The van der Waals surface area contributed by atoms with Crippen LogP contribution < -0.4 is 0 Å². The lowest BCUT2D eigenvalue weighted by molar-refractivity contribution is -0.129. The molecule has 1 aromatic carbocycles. The SMILES string of the molecule is Cc1ccc(C)c(S(=O)(=O)N2CCN(CC(=O)N3CCOC3=O)CC2)c1. The van der Waals surface area contributed by atoms with Gasteiger partial charge in [0.2, 0.25) is 15.9 Å². The average Bonchev–Trinajstić information content (AvgIpc) is 3.03. The summed E-state index contributed by atoms with van der Waals surface area (Å²) in [5.74, 6) is -0.307. The lowest BCUT2D eigenvalue weighted by atomic mass is 10.2. The van der Waals surface area contributed by atoms with Gasteiger partial charge >= 0.3 is 6.09 Å². The van der Waals surface area contributed by atoms with Crippen molar-refractivity contribution in [1.82, 2.24) is 14.1 Å². The van der Waals surface area contributed by atoms with Crippen molar-refractivity contribution < 1.29 is 22.7 Å². The number of benzene rings is 1. The third-order valence-corrected chi connectivity index (χ3v) is 6.75. The van der Waals surface area contributed by atoms with Gasteiger partial charge in [-0.2, -0.15) is 4.31 Å². The summed E-state index contributed by atoms with van der Waals surface area (Å²) in [6.45, 7) is 5.76. The van der Waals surface area contributed by atoms with Gasteiger partial charge in [-0.25, -0.2) is 18.1 Å². The summed E-state index contributed by atoms with van der Waals surface area (Å²) in [7, 11) is -3.55. The Balaban J connectivity index is 1.62. The number of piperazine rings is 1. The number of sulfonamides is 1. The molecule has 9 heteroatoms. The van der Waals surface area contributed by atoms with Gasteiger partial charge in [0, 0.05) is 26.2 Å². The minimum absolute atomic E-state index is 0.0897. The maximum atomic E-state index is 12.9. The third kappa shape index (κ3) is 3.74. The molecule has 0 unspecified atom stereocenters. The number of hydrogen-bond donors (Lipinski definition) is 0. The Labute approximate surface area is 153 Å². The first-order chi connectivity index (χ1) is 12.3. The first kappa shape index (κ1) is 18.8. The van der Waals surface area contributed by atoms with Crippen LogP contribution in [0.25, 0.3) is 0 Å². The van der Waals surface area contributed by atoms with E-state index in [9.17, 15) is 18.0 Å². The highest BCUT2D eigenvalue weighted by atomic mass is 32.2. The number of aryl methyl sites for hydroxylation is 2. The van der Waals surface area contributed by atoms with Gasteiger partial charge in [0.15, 0.2) is 0 Å². The van der Waals surface area contributed by atoms with Crippen LogP contribution >= 0.6 is 0 Å². The Morgan fingerprint density at radius 2 is 1.81 bits per heavy atom. The van der Waals surface area contributed by atoms with Gasteiger partial charge in [-0.05, 0) is 31.0 Å². The average molecular weight is 381 g/mol. The molecule has 0 aliphatic carbocycles. The minimum Gasteiger partial charge on any atom is -0.447 e. The van der Waals surface area contributed by atoms with E-state index < -0.39 is 16.1 Å². The van der Waals surface area contributed by atoms with Crippen molar-refractivity contribution in [3.8, 4) is 0 Å². The summed E-state index contributed by atoms with van der Waals surface area (Å²) in [4.78, 5) is 26.9. The van der Waals surface area contributed by atoms with Crippen LogP contribution in [0, 0.1) is 13.8 Å². The van der Waals surface area contributed by atoms with Crippen molar-refractivity contribution >= 4 is 22.0 Å². The molecule has 2 aliphatic heterocycles. The van der Waals surface area contributed by atoms with E-state index in [1.165, 1.54) is 4.31 Å². The fourth-order valence-electron chi connectivity index (χ4n) is 3.15. The zero-order chi connectivity index (χ0) is 18.9. The van der Waals surface area contributed by atoms with Crippen molar-refractivity contribution in [2.24, 2.45) is 0 Å². The molecule has 0 radical (unpaired) electrons. The van der Waals surface area contributed by atoms with Crippen molar-refractivity contribution in [3.63, 3.8) is 0 Å². The molecule has 0 spiro atoms. The Hall–Kier alpha value is -1.97. The van der Waals surface area contributed by atoms with Crippen LogP contribution in [-0.2, 0) is 19.6 Å². The van der Waals surface area contributed by atoms with E-state index in [0.29, 0.717) is 31.1 Å². The van der Waals surface area contributed by atoms with Crippen LogP contribution in [0.1, 0.15) is 11.1 Å². The van der Waals surface area contributed by atoms with Crippen LogP contribution in [0.2, 0.25) is 0 Å². The number of cyclic esters (lactones) is 1. The molecule has 2 aliphatic rings. The maximum Gasteiger partial charge on any atom is 0.416 e. The van der Waals surface area contributed by atoms with Gasteiger partial charge in [-0.15, -0.1) is 0 Å². The normalized spacial score (nSPS) is 19.6. The molecule has 1 aromatic rings. The van der Waals surface area contributed by atoms with E-state index in [4.69, 9.17) is 4.74 Å². The van der Waals surface area contributed by atoms with Crippen molar-refractivity contribution in [2.75, 3.05) is 45.9 Å². The number of hydrogen-bond acceptors (Lipinski definition) is 6. The first-order valence-electron chi connectivity index (χ1n) is 8.56. The predicted octanol–water partition coefficient (Wildman–Crippen LogP) is 0.589. The van der Waals surface area contributed by atoms with E-state index in [0.717, 1.165) is 16.0 Å². The third-order valence-electron chi connectivity index (χ3n) is 4.71. The first-order valence-corrected chi connectivity index (χ1v) is 10.00. The Morgan fingerprint density at radius 1 is 1.12 bits per heavy atom.